The summed E-state index contributed by atoms with van der Waals surface area (Å²) in [4.78, 5) is 20.8. The van der Waals surface area contributed by atoms with Gasteiger partial charge in [0.2, 0.25) is 0 Å². The third kappa shape index (κ3) is 4.20. The Morgan fingerprint density at radius 1 is 1.35 bits per heavy atom. The van der Waals surface area contributed by atoms with Gasteiger partial charge in [-0.1, -0.05) is 32.4 Å². The molecule has 0 saturated carbocycles. The molecule has 0 aliphatic rings. The summed E-state index contributed by atoms with van der Waals surface area (Å²) in [6.45, 7) is 6.55. The van der Waals surface area contributed by atoms with Gasteiger partial charge in [-0.05, 0) is 18.2 Å². The summed E-state index contributed by atoms with van der Waals surface area (Å²) in [6.07, 6.45) is 3.25. The minimum Gasteiger partial charge on any atom is -0.496 e. The van der Waals surface area contributed by atoms with E-state index in [2.05, 4.69) is 36.1 Å². The molecule has 122 valence electrons. The Labute approximate surface area is 141 Å². The van der Waals surface area contributed by atoms with Gasteiger partial charge in [0.25, 0.3) is 5.91 Å². The van der Waals surface area contributed by atoms with Crippen molar-refractivity contribution < 1.29 is 9.53 Å². The van der Waals surface area contributed by atoms with E-state index < -0.39 is 0 Å². The molecular weight excluding hydrogens is 314 g/mol. The van der Waals surface area contributed by atoms with E-state index in [1.807, 2.05) is 0 Å². The standard InChI is InChI=1S/C17H20ClN3O2/c1-17(2,3)15-11(8-19-10-21-15)9-20-16(22)13-7-12(18)5-6-14(13)23-4/h5-8,10H,9H2,1-4H3,(H,20,22). The van der Waals surface area contributed by atoms with Crippen molar-refractivity contribution in [1.82, 2.24) is 15.3 Å². The van der Waals surface area contributed by atoms with Gasteiger partial charge in [-0.15, -0.1) is 0 Å². The average molecular weight is 334 g/mol. The molecule has 2 rings (SSSR count). The number of carbonyl (C=O) groups excluding carboxylic acids is 1. The molecule has 1 heterocycles. The van der Waals surface area contributed by atoms with E-state index in [9.17, 15) is 4.79 Å². The number of hydrogen-bond donors (Lipinski definition) is 1. The summed E-state index contributed by atoms with van der Waals surface area (Å²) in [5.41, 5.74) is 2.06. The van der Waals surface area contributed by atoms with Crippen LogP contribution >= 0.6 is 11.6 Å². The highest BCUT2D eigenvalue weighted by Crippen LogP contribution is 2.24. The molecule has 5 nitrogen and oxygen atoms in total. The first-order valence-electron chi connectivity index (χ1n) is 7.24. The Morgan fingerprint density at radius 3 is 2.74 bits per heavy atom. The first kappa shape index (κ1) is 17.2. The molecule has 0 atom stereocenters. The Morgan fingerprint density at radius 2 is 2.09 bits per heavy atom. The van der Waals surface area contributed by atoms with Crippen molar-refractivity contribution in [1.29, 1.82) is 0 Å². The highest BCUT2D eigenvalue weighted by molar-refractivity contribution is 6.31. The molecule has 0 spiro atoms. The fourth-order valence-electron chi connectivity index (χ4n) is 2.29. The predicted molar refractivity (Wildman–Crippen MR) is 89.9 cm³/mol. The predicted octanol–water partition coefficient (Wildman–Crippen LogP) is 3.37. The van der Waals surface area contributed by atoms with Crippen molar-refractivity contribution in [3.63, 3.8) is 0 Å². The molecule has 0 unspecified atom stereocenters. The van der Waals surface area contributed by atoms with E-state index in [1.165, 1.54) is 13.4 Å². The Hall–Kier alpha value is -2.14. The van der Waals surface area contributed by atoms with Crippen LogP contribution in [0.4, 0.5) is 0 Å². The zero-order valence-electron chi connectivity index (χ0n) is 13.7. The second-order valence-electron chi connectivity index (χ2n) is 6.17. The molecule has 6 heteroatoms. The van der Waals surface area contributed by atoms with Crippen molar-refractivity contribution in [3.05, 3.63) is 52.6 Å². The molecule has 0 radical (unpaired) electrons. The maximum atomic E-state index is 12.4. The number of nitrogens with one attached hydrogen (secondary N) is 1. The van der Waals surface area contributed by atoms with Crippen LogP contribution in [0.2, 0.25) is 5.02 Å². The maximum absolute atomic E-state index is 12.4. The van der Waals surface area contributed by atoms with Gasteiger partial charge in [0.1, 0.15) is 12.1 Å². The minimum absolute atomic E-state index is 0.128. The number of nitrogens with zero attached hydrogens (tertiary/aromatic N) is 2. The Kier molecular flexibility index (Phi) is 5.21. The minimum atomic E-state index is -0.256. The second-order valence-corrected chi connectivity index (χ2v) is 6.61. The largest absolute Gasteiger partial charge is 0.496 e. The molecule has 1 aromatic carbocycles. The van der Waals surface area contributed by atoms with E-state index >= 15 is 0 Å². The lowest BCUT2D eigenvalue weighted by Crippen LogP contribution is -2.26. The van der Waals surface area contributed by atoms with Crippen LogP contribution in [0.25, 0.3) is 0 Å². The lowest BCUT2D eigenvalue weighted by Gasteiger charge is -2.21. The normalized spacial score (nSPS) is 11.2. The van der Waals surface area contributed by atoms with Gasteiger partial charge in [0.15, 0.2) is 0 Å². The lowest BCUT2D eigenvalue weighted by molar-refractivity contribution is 0.0947. The van der Waals surface area contributed by atoms with Crippen LogP contribution in [0, 0.1) is 0 Å². The van der Waals surface area contributed by atoms with Crippen LogP contribution in [-0.4, -0.2) is 23.0 Å². The SMILES string of the molecule is COc1ccc(Cl)cc1C(=O)NCc1cncnc1C(C)(C)C. The molecule has 2 aromatic rings. The average Bonchev–Trinajstić information content (AvgIpc) is 2.52. The summed E-state index contributed by atoms with van der Waals surface area (Å²) in [5, 5.41) is 3.35. The molecule has 0 aliphatic carbocycles. The monoisotopic (exact) mass is 333 g/mol. The molecular formula is C17H20ClN3O2. The summed E-state index contributed by atoms with van der Waals surface area (Å²) in [5.74, 6) is 0.223. The smallest absolute Gasteiger partial charge is 0.255 e. The molecule has 0 aliphatic heterocycles. The number of halogens is 1. The first-order valence-corrected chi connectivity index (χ1v) is 7.62. The van der Waals surface area contributed by atoms with E-state index in [1.54, 1.807) is 24.4 Å². The van der Waals surface area contributed by atoms with Gasteiger partial charge in [0.05, 0.1) is 18.4 Å². The third-order valence-corrected chi connectivity index (χ3v) is 3.58. The van der Waals surface area contributed by atoms with Gasteiger partial charge in [-0.3, -0.25) is 4.79 Å². The number of carbonyl (C=O) groups is 1. The van der Waals surface area contributed by atoms with Gasteiger partial charge >= 0.3 is 0 Å². The number of methoxy groups -OCH3 is 1. The summed E-state index contributed by atoms with van der Waals surface area (Å²) in [7, 11) is 1.52. The Balaban J connectivity index is 2.19. The molecule has 1 N–H and O–H groups in total. The lowest BCUT2D eigenvalue weighted by atomic mass is 9.89. The van der Waals surface area contributed by atoms with E-state index in [0.717, 1.165) is 11.3 Å². The van der Waals surface area contributed by atoms with Crippen molar-refractivity contribution in [2.75, 3.05) is 7.11 Å². The van der Waals surface area contributed by atoms with Crippen LogP contribution in [0.3, 0.4) is 0 Å². The fraction of sp³-hybridized carbons (Fsp3) is 0.353. The van der Waals surface area contributed by atoms with Crippen LogP contribution in [0.1, 0.15) is 42.4 Å². The van der Waals surface area contributed by atoms with Crippen molar-refractivity contribution >= 4 is 17.5 Å². The highest BCUT2D eigenvalue weighted by Gasteiger charge is 2.20. The van der Waals surface area contributed by atoms with Crippen molar-refractivity contribution in [2.24, 2.45) is 0 Å². The molecule has 0 saturated heterocycles. The number of hydrogen-bond acceptors (Lipinski definition) is 4. The number of rotatable bonds is 4. The summed E-state index contributed by atoms with van der Waals surface area (Å²) < 4.78 is 5.21. The molecule has 1 aromatic heterocycles. The topological polar surface area (TPSA) is 64.1 Å². The van der Waals surface area contributed by atoms with E-state index in [0.29, 0.717) is 22.9 Å². The molecule has 1 amide bonds. The number of amides is 1. The van der Waals surface area contributed by atoms with Crippen molar-refractivity contribution in [3.8, 4) is 5.75 Å². The van der Waals surface area contributed by atoms with Gasteiger partial charge < -0.3 is 10.1 Å². The van der Waals surface area contributed by atoms with Gasteiger partial charge in [-0.25, -0.2) is 9.97 Å². The summed E-state index contributed by atoms with van der Waals surface area (Å²) >= 11 is 5.96. The van der Waals surface area contributed by atoms with E-state index in [-0.39, 0.29) is 11.3 Å². The second kappa shape index (κ2) is 6.96. The fourth-order valence-corrected chi connectivity index (χ4v) is 2.46. The first-order chi connectivity index (χ1) is 10.8. The Bertz CT molecular complexity index is 711. The van der Waals surface area contributed by atoms with Crippen LogP contribution in [0.5, 0.6) is 5.75 Å². The van der Waals surface area contributed by atoms with Crippen molar-refractivity contribution in [2.45, 2.75) is 32.7 Å². The zero-order valence-corrected chi connectivity index (χ0v) is 14.4. The number of benzene rings is 1. The van der Waals surface area contributed by atoms with Crippen LogP contribution < -0.4 is 10.1 Å². The van der Waals surface area contributed by atoms with Gasteiger partial charge in [0, 0.05) is 28.7 Å². The molecule has 0 fully saturated rings. The molecule has 23 heavy (non-hydrogen) atoms. The van der Waals surface area contributed by atoms with E-state index in [4.69, 9.17) is 16.3 Å². The number of aromatic nitrogens is 2. The van der Waals surface area contributed by atoms with Crippen LogP contribution in [-0.2, 0) is 12.0 Å². The maximum Gasteiger partial charge on any atom is 0.255 e. The van der Waals surface area contributed by atoms with Gasteiger partial charge in [-0.2, -0.15) is 0 Å². The third-order valence-electron chi connectivity index (χ3n) is 3.34. The van der Waals surface area contributed by atoms with Crippen LogP contribution in [0.15, 0.2) is 30.7 Å². The highest BCUT2D eigenvalue weighted by atomic mass is 35.5. The quantitative estimate of drug-likeness (QED) is 0.931. The number of ether oxygens (including phenoxy) is 1. The molecule has 0 bridgehead atoms. The zero-order chi connectivity index (χ0) is 17.0. The summed E-state index contributed by atoms with van der Waals surface area (Å²) in [6, 6.07) is 4.94.